The number of carbonyl (C=O) groups is 1. The van der Waals surface area contributed by atoms with E-state index < -0.39 is 5.54 Å². The van der Waals surface area contributed by atoms with Crippen LogP contribution in [0.3, 0.4) is 0 Å². The van der Waals surface area contributed by atoms with E-state index in [1.54, 1.807) is 0 Å². The van der Waals surface area contributed by atoms with Crippen molar-refractivity contribution < 1.29 is 4.79 Å². The molecule has 0 aromatic carbocycles. The van der Waals surface area contributed by atoms with Gasteiger partial charge in [0.1, 0.15) is 5.54 Å². The summed E-state index contributed by atoms with van der Waals surface area (Å²) in [5.41, 5.74) is 5.32. The van der Waals surface area contributed by atoms with Gasteiger partial charge in [-0.2, -0.15) is 0 Å². The standard InChI is InChI=1S/C12H24N4O/c1-15-8-3-12(4-9-15,11(13)17)16-7-2-5-14-6-10-16/h14H,2-10H2,1H3,(H2,13,17). The maximum Gasteiger partial charge on any atom is 0.238 e. The quantitative estimate of drug-likeness (QED) is 0.665. The maximum absolute atomic E-state index is 11.9. The van der Waals surface area contributed by atoms with E-state index in [-0.39, 0.29) is 5.91 Å². The van der Waals surface area contributed by atoms with E-state index in [0.29, 0.717) is 0 Å². The van der Waals surface area contributed by atoms with E-state index in [9.17, 15) is 4.79 Å². The van der Waals surface area contributed by atoms with Gasteiger partial charge in [-0.1, -0.05) is 0 Å². The Morgan fingerprint density at radius 3 is 2.53 bits per heavy atom. The first-order valence-electron chi connectivity index (χ1n) is 6.59. The molecule has 0 aliphatic carbocycles. The van der Waals surface area contributed by atoms with E-state index in [0.717, 1.165) is 58.5 Å². The maximum atomic E-state index is 11.9. The molecule has 0 aromatic heterocycles. The number of nitrogens with one attached hydrogen (secondary N) is 1. The van der Waals surface area contributed by atoms with Gasteiger partial charge in [0.25, 0.3) is 0 Å². The van der Waals surface area contributed by atoms with Crippen molar-refractivity contribution in [1.29, 1.82) is 0 Å². The molecule has 0 spiro atoms. The van der Waals surface area contributed by atoms with Crippen LogP contribution < -0.4 is 11.1 Å². The van der Waals surface area contributed by atoms with Gasteiger partial charge in [0, 0.05) is 32.7 Å². The predicted molar refractivity (Wildman–Crippen MR) is 67.7 cm³/mol. The fourth-order valence-electron chi connectivity index (χ4n) is 2.98. The number of nitrogens with zero attached hydrogens (tertiary/aromatic N) is 2. The van der Waals surface area contributed by atoms with E-state index in [1.807, 2.05) is 0 Å². The summed E-state index contributed by atoms with van der Waals surface area (Å²) in [6.45, 7) is 5.86. The van der Waals surface area contributed by atoms with Crippen LogP contribution in [0.15, 0.2) is 0 Å². The SMILES string of the molecule is CN1CCC(C(N)=O)(N2CCCNCC2)CC1. The van der Waals surface area contributed by atoms with Crippen LogP contribution in [-0.4, -0.2) is 67.6 Å². The summed E-state index contributed by atoms with van der Waals surface area (Å²) in [4.78, 5) is 16.5. The van der Waals surface area contributed by atoms with Crippen molar-refractivity contribution in [2.75, 3.05) is 46.3 Å². The van der Waals surface area contributed by atoms with Crippen molar-refractivity contribution in [3.05, 3.63) is 0 Å². The van der Waals surface area contributed by atoms with Gasteiger partial charge < -0.3 is 16.0 Å². The van der Waals surface area contributed by atoms with E-state index >= 15 is 0 Å². The molecule has 2 rings (SSSR count). The fourth-order valence-corrected chi connectivity index (χ4v) is 2.98. The lowest BCUT2D eigenvalue weighted by atomic mass is 9.84. The zero-order valence-electron chi connectivity index (χ0n) is 10.7. The molecular weight excluding hydrogens is 216 g/mol. The molecule has 0 unspecified atom stereocenters. The number of rotatable bonds is 2. The molecule has 17 heavy (non-hydrogen) atoms. The summed E-state index contributed by atoms with van der Waals surface area (Å²) < 4.78 is 0. The van der Waals surface area contributed by atoms with Crippen LogP contribution in [0.5, 0.6) is 0 Å². The molecule has 0 radical (unpaired) electrons. The van der Waals surface area contributed by atoms with Crippen LogP contribution in [0.1, 0.15) is 19.3 Å². The summed E-state index contributed by atoms with van der Waals surface area (Å²) in [5, 5.41) is 3.38. The van der Waals surface area contributed by atoms with Gasteiger partial charge >= 0.3 is 0 Å². The van der Waals surface area contributed by atoms with Crippen LogP contribution in [0.2, 0.25) is 0 Å². The molecule has 0 bridgehead atoms. The number of hydrogen-bond donors (Lipinski definition) is 2. The topological polar surface area (TPSA) is 61.6 Å². The average Bonchev–Trinajstić information content (AvgIpc) is 2.59. The third-order valence-corrected chi connectivity index (χ3v) is 4.22. The van der Waals surface area contributed by atoms with Gasteiger partial charge in [-0.3, -0.25) is 9.69 Å². The van der Waals surface area contributed by atoms with Crippen LogP contribution in [0.4, 0.5) is 0 Å². The van der Waals surface area contributed by atoms with Crippen molar-refractivity contribution in [1.82, 2.24) is 15.1 Å². The first-order chi connectivity index (χ1) is 8.15. The average molecular weight is 240 g/mol. The largest absolute Gasteiger partial charge is 0.368 e. The molecule has 0 saturated carbocycles. The Morgan fingerprint density at radius 2 is 1.88 bits per heavy atom. The van der Waals surface area contributed by atoms with Crippen molar-refractivity contribution in [3.8, 4) is 0 Å². The monoisotopic (exact) mass is 240 g/mol. The van der Waals surface area contributed by atoms with Crippen molar-refractivity contribution in [2.45, 2.75) is 24.8 Å². The predicted octanol–water partition coefficient (Wildman–Crippen LogP) is -0.769. The van der Waals surface area contributed by atoms with Crippen molar-refractivity contribution in [3.63, 3.8) is 0 Å². The molecule has 2 aliphatic heterocycles. The van der Waals surface area contributed by atoms with Gasteiger partial charge in [0.05, 0.1) is 0 Å². The highest BCUT2D eigenvalue weighted by Gasteiger charge is 2.44. The Bertz CT molecular complexity index is 266. The first kappa shape index (κ1) is 12.8. The molecule has 0 aromatic rings. The lowest BCUT2D eigenvalue weighted by Crippen LogP contribution is -2.62. The van der Waals surface area contributed by atoms with Crippen molar-refractivity contribution >= 4 is 5.91 Å². The van der Waals surface area contributed by atoms with Gasteiger partial charge in [-0.15, -0.1) is 0 Å². The molecule has 2 saturated heterocycles. The Balaban J connectivity index is 2.12. The summed E-state index contributed by atoms with van der Waals surface area (Å²) in [7, 11) is 2.11. The highest BCUT2D eigenvalue weighted by molar-refractivity contribution is 5.84. The van der Waals surface area contributed by atoms with E-state index in [1.165, 1.54) is 0 Å². The number of likely N-dealkylation sites (tertiary alicyclic amines) is 1. The van der Waals surface area contributed by atoms with Gasteiger partial charge in [0.15, 0.2) is 0 Å². The lowest BCUT2D eigenvalue weighted by Gasteiger charge is -2.45. The van der Waals surface area contributed by atoms with Crippen LogP contribution >= 0.6 is 0 Å². The molecule has 0 atom stereocenters. The number of carbonyl (C=O) groups excluding carboxylic acids is 1. The number of amides is 1. The van der Waals surface area contributed by atoms with Crippen molar-refractivity contribution in [2.24, 2.45) is 5.73 Å². The fraction of sp³-hybridized carbons (Fsp3) is 0.917. The van der Waals surface area contributed by atoms with Gasteiger partial charge in [-0.25, -0.2) is 0 Å². The summed E-state index contributed by atoms with van der Waals surface area (Å²) in [6, 6.07) is 0. The number of nitrogens with two attached hydrogens (primary N) is 1. The second kappa shape index (κ2) is 5.33. The van der Waals surface area contributed by atoms with Crippen LogP contribution in [-0.2, 0) is 4.79 Å². The van der Waals surface area contributed by atoms with Gasteiger partial charge in [0.2, 0.25) is 5.91 Å². The molecule has 1 amide bonds. The highest BCUT2D eigenvalue weighted by atomic mass is 16.1. The molecular formula is C12H24N4O. The molecule has 5 heteroatoms. The molecule has 5 nitrogen and oxygen atoms in total. The minimum absolute atomic E-state index is 0.132. The second-order valence-corrected chi connectivity index (χ2v) is 5.29. The van der Waals surface area contributed by atoms with Crippen LogP contribution in [0, 0.1) is 0 Å². The van der Waals surface area contributed by atoms with E-state index in [4.69, 9.17) is 5.73 Å². The second-order valence-electron chi connectivity index (χ2n) is 5.29. The zero-order chi connectivity index (χ0) is 12.3. The highest BCUT2D eigenvalue weighted by Crippen LogP contribution is 2.28. The summed E-state index contributed by atoms with van der Waals surface area (Å²) in [5.74, 6) is -0.132. The Kier molecular flexibility index (Phi) is 4.01. The normalized spacial score (nSPS) is 27.6. The number of piperidine rings is 1. The number of hydrogen-bond acceptors (Lipinski definition) is 4. The molecule has 98 valence electrons. The third-order valence-electron chi connectivity index (χ3n) is 4.22. The lowest BCUT2D eigenvalue weighted by molar-refractivity contribution is -0.133. The van der Waals surface area contributed by atoms with Gasteiger partial charge in [-0.05, 0) is 32.9 Å². The van der Waals surface area contributed by atoms with E-state index in [2.05, 4.69) is 22.2 Å². The smallest absolute Gasteiger partial charge is 0.238 e. The zero-order valence-corrected chi connectivity index (χ0v) is 10.7. The first-order valence-corrected chi connectivity index (χ1v) is 6.59. The minimum atomic E-state index is -0.390. The Labute approximate surface area is 103 Å². The molecule has 2 fully saturated rings. The number of primary amides is 1. The molecule has 2 heterocycles. The summed E-state index contributed by atoms with van der Waals surface area (Å²) >= 11 is 0. The third kappa shape index (κ3) is 2.61. The summed E-state index contributed by atoms with van der Waals surface area (Å²) in [6.07, 6.45) is 2.85. The molecule has 2 aliphatic rings. The molecule has 3 N–H and O–H groups in total. The Morgan fingerprint density at radius 1 is 1.18 bits per heavy atom. The Hall–Kier alpha value is -0.650. The van der Waals surface area contributed by atoms with Crippen LogP contribution in [0.25, 0.3) is 0 Å². The minimum Gasteiger partial charge on any atom is -0.368 e.